The van der Waals surface area contributed by atoms with Gasteiger partial charge in [-0.25, -0.2) is 0 Å². The van der Waals surface area contributed by atoms with Crippen molar-refractivity contribution in [2.45, 2.75) is 13.0 Å². The molecule has 0 aliphatic carbocycles. The summed E-state index contributed by atoms with van der Waals surface area (Å²) in [6, 6.07) is 7.77. The molecular formula is C13H17N5O. The lowest BCUT2D eigenvalue weighted by Gasteiger charge is -2.11. The molecule has 1 aromatic heterocycles. The molecule has 2 aromatic rings. The second-order valence-corrected chi connectivity index (χ2v) is 4.21. The Morgan fingerprint density at radius 3 is 2.84 bits per heavy atom. The summed E-state index contributed by atoms with van der Waals surface area (Å²) in [5.41, 5.74) is 2.90. The van der Waals surface area contributed by atoms with Crippen LogP contribution in [0.5, 0.6) is 0 Å². The molecule has 6 nitrogen and oxygen atoms in total. The van der Waals surface area contributed by atoms with Gasteiger partial charge >= 0.3 is 0 Å². The molecule has 1 heterocycles. The van der Waals surface area contributed by atoms with E-state index < -0.39 is 0 Å². The first kappa shape index (κ1) is 13.1. The third-order valence-corrected chi connectivity index (χ3v) is 2.92. The van der Waals surface area contributed by atoms with Crippen LogP contribution in [0, 0.1) is 0 Å². The van der Waals surface area contributed by atoms with Crippen LogP contribution in [-0.2, 0) is 24.8 Å². The van der Waals surface area contributed by atoms with Gasteiger partial charge in [0.1, 0.15) is 0 Å². The summed E-state index contributed by atoms with van der Waals surface area (Å²) in [6.45, 7) is 0.619. The molecule has 0 radical (unpaired) electrons. The van der Waals surface area contributed by atoms with E-state index in [1.54, 1.807) is 17.9 Å². The van der Waals surface area contributed by atoms with E-state index in [9.17, 15) is 4.79 Å². The number of para-hydroxylation sites is 1. The van der Waals surface area contributed by atoms with E-state index in [0.717, 1.165) is 16.9 Å². The summed E-state index contributed by atoms with van der Waals surface area (Å²) in [7, 11) is 3.49. The molecule has 0 saturated heterocycles. The summed E-state index contributed by atoms with van der Waals surface area (Å²) in [4.78, 5) is 11.5. The Balaban J connectivity index is 2.07. The lowest BCUT2D eigenvalue weighted by molar-refractivity contribution is -0.119. The average molecular weight is 259 g/mol. The molecule has 2 rings (SSSR count). The smallest absolute Gasteiger partial charge is 0.224 e. The highest BCUT2D eigenvalue weighted by Crippen LogP contribution is 2.16. The molecule has 6 heteroatoms. The van der Waals surface area contributed by atoms with Gasteiger partial charge in [-0.05, 0) is 11.6 Å². The number of rotatable bonds is 5. The van der Waals surface area contributed by atoms with Gasteiger partial charge in [-0.2, -0.15) is 0 Å². The molecule has 0 aliphatic heterocycles. The van der Waals surface area contributed by atoms with Crippen molar-refractivity contribution in [1.82, 2.24) is 20.3 Å². The number of anilines is 1. The molecule has 100 valence electrons. The first-order chi connectivity index (χ1) is 9.20. The van der Waals surface area contributed by atoms with Gasteiger partial charge in [-0.3, -0.25) is 9.48 Å². The van der Waals surface area contributed by atoms with Crippen molar-refractivity contribution in [3.63, 3.8) is 0 Å². The van der Waals surface area contributed by atoms with Crippen LogP contribution >= 0.6 is 0 Å². The molecule has 0 fully saturated rings. The molecule has 0 atom stereocenters. The standard InChI is InChI=1S/C13H17N5O/c1-14-13(19)7-10-5-3-4-6-12(10)15-8-11-9-16-17-18(11)2/h3-6,9,15H,7-8H2,1-2H3,(H,14,19). The fourth-order valence-corrected chi connectivity index (χ4v) is 1.77. The van der Waals surface area contributed by atoms with E-state index in [1.807, 2.05) is 31.3 Å². The van der Waals surface area contributed by atoms with Gasteiger partial charge in [0.05, 0.1) is 24.9 Å². The topological polar surface area (TPSA) is 71.8 Å². The van der Waals surface area contributed by atoms with Gasteiger partial charge in [0, 0.05) is 19.8 Å². The Bertz CT molecular complexity index is 564. The molecule has 0 unspecified atom stereocenters. The monoisotopic (exact) mass is 259 g/mol. The van der Waals surface area contributed by atoms with Crippen LogP contribution < -0.4 is 10.6 Å². The van der Waals surface area contributed by atoms with Crippen LogP contribution in [0.15, 0.2) is 30.5 Å². The Morgan fingerprint density at radius 1 is 1.37 bits per heavy atom. The molecule has 0 aliphatic rings. The third kappa shape index (κ3) is 3.31. The molecule has 19 heavy (non-hydrogen) atoms. The van der Waals surface area contributed by atoms with E-state index in [4.69, 9.17) is 0 Å². The lowest BCUT2D eigenvalue weighted by Crippen LogP contribution is -2.20. The number of hydrogen-bond acceptors (Lipinski definition) is 4. The van der Waals surface area contributed by atoms with Crippen LogP contribution in [0.4, 0.5) is 5.69 Å². The number of hydrogen-bond donors (Lipinski definition) is 2. The minimum Gasteiger partial charge on any atom is -0.379 e. The zero-order chi connectivity index (χ0) is 13.7. The zero-order valence-corrected chi connectivity index (χ0v) is 11.1. The number of nitrogens with one attached hydrogen (secondary N) is 2. The highest BCUT2D eigenvalue weighted by Gasteiger charge is 2.07. The van der Waals surface area contributed by atoms with Crippen molar-refractivity contribution >= 4 is 11.6 Å². The van der Waals surface area contributed by atoms with Crippen molar-refractivity contribution in [3.8, 4) is 0 Å². The average Bonchev–Trinajstić information content (AvgIpc) is 2.83. The van der Waals surface area contributed by atoms with E-state index in [2.05, 4.69) is 20.9 Å². The number of likely N-dealkylation sites (N-methyl/N-ethyl adjacent to an activating group) is 1. The van der Waals surface area contributed by atoms with Crippen LogP contribution in [0.2, 0.25) is 0 Å². The van der Waals surface area contributed by atoms with Crippen LogP contribution in [-0.4, -0.2) is 27.9 Å². The van der Waals surface area contributed by atoms with Gasteiger partial charge in [-0.1, -0.05) is 23.4 Å². The molecule has 0 bridgehead atoms. The quantitative estimate of drug-likeness (QED) is 0.829. The maximum atomic E-state index is 11.5. The minimum atomic E-state index is -0.00329. The Labute approximate surface area is 111 Å². The fraction of sp³-hybridized carbons (Fsp3) is 0.308. The number of amides is 1. The fourth-order valence-electron chi connectivity index (χ4n) is 1.77. The van der Waals surface area contributed by atoms with E-state index in [0.29, 0.717) is 13.0 Å². The molecule has 0 saturated carbocycles. The number of carbonyl (C=O) groups is 1. The first-order valence-electron chi connectivity index (χ1n) is 6.06. The van der Waals surface area contributed by atoms with Gasteiger partial charge in [-0.15, -0.1) is 5.10 Å². The number of aryl methyl sites for hydroxylation is 1. The van der Waals surface area contributed by atoms with Crippen molar-refractivity contribution in [2.75, 3.05) is 12.4 Å². The number of benzene rings is 1. The van der Waals surface area contributed by atoms with E-state index in [1.165, 1.54) is 0 Å². The lowest BCUT2D eigenvalue weighted by atomic mass is 10.1. The van der Waals surface area contributed by atoms with Crippen molar-refractivity contribution < 1.29 is 4.79 Å². The van der Waals surface area contributed by atoms with E-state index in [-0.39, 0.29) is 5.91 Å². The Morgan fingerprint density at radius 2 is 2.16 bits per heavy atom. The number of carbonyl (C=O) groups excluding carboxylic acids is 1. The predicted octanol–water partition coefficient (Wildman–Crippen LogP) is 0.716. The molecule has 1 aromatic carbocycles. The highest BCUT2D eigenvalue weighted by molar-refractivity contribution is 5.80. The van der Waals surface area contributed by atoms with Crippen LogP contribution in [0.1, 0.15) is 11.3 Å². The summed E-state index contributed by atoms with van der Waals surface area (Å²) in [6.07, 6.45) is 2.08. The molecule has 1 amide bonds. The molecule has 0 spiro atoms. The second kappa shape index (κ2) is 5.99. The maximum Gasteiger partial charge on any atom is 0.224 e. The van der Waals surface area contributed by atoms with Crippen molar-refractivity contribution in [3.05, 3.63) is 41.7 Å². The Kier molecular flexibility index (Phi) is 4.12. The third-order valence-electron chi connectivity index (χ3n) is 2.92. The van der Waals surface area contributed by atoms with Crippen LogP contribution in [0.25, 0.3) is 0 Å². The SMILES string of the molecule is CNC(=O)Cc1ccccc1NCc1cnnn1C. The number of aromatic nitrogens is 3. The van der Waals surface area contributed by atoms with Crippen molar-refractivity contribution in [1.29, 1.82) is 0 Å². The van der Waals surface area contributed by atoms with Gasteiger partial charge in [0.25, 0.3) is 0 Å². The second-order valence-electron chi connectivity index (χ2n) is 4.21. The van der Waals surface area contributed by atoms with Crippen molar-refractivity contribution in [2.24, 2.45) is 7.05 Å². The summed E-state index contributed by atoms with van der Waals surface area (Å²) in [5, 5.41) is 13.6. The highest BCUT2D eigenvalue weighted by atomic mass is 16.1. The van der Waals surface area contributed by atoms with Gasteiger partial charge in [0.15, 0.2) is 0 Å². The first-order valence-corrected chi connectivity index (χ1v) is 6.06. The minimum absolute atomic E-state index is 0.00329. The van der Waals surface area contributed by atoms with E-state index >= 15 is 0 Å². The normalized spacial score (nSPS) is 10.2. The summed E-state index contributed by atoms with van der Waals surface area (Å²) < 4.78 is 1.72. The largest absolute Gasteiger partial charge is 0.379 e. The maximum absolute atomic E-state index is 11.5. The van der Waals surface area contributed by atoms with Gasteiger partial charge in [0.2, 0.25) is 5.91 Å². The van der Waals surface area contributed by atoms with Gasteiger partial charge < -0.3 is 10.6 Å². The summed E-state index contributed by atoms with van der Waals surface area (Å²) >= 11 is 0. The number of nitrogens with zero attached hydrogens (tertiary/aromatic N) is 3. The molecular weight excluding hydrogens is 242 g/mol. The molecule has 2 N–H and O–H groups in total. The predicted molar refractivity (Wildman–Crippen MR) is 72.5 cm³/mol. The Hall–Kier alpha value is -2.37. The summed E-state index contributed by atoms with van der Waals surface area (Å²) in [5.74, 6) is -0.00329. The zero-order valence-electron chi connectivity index (χ0n) is 11.1. The van der Waals surface area contributed by atoms with Crippen LogP contribution in [0.3, 0.4) is 0 Å².